The number of amides is 1. The molecule has 3 aromatic rings. The van der Waals surface area contributed by atoms with Gasteiger partial charge in [-0.3, -0.25) is 9.89 Å². The van der Waals surface area contributed by atoms with E-state index in [1.165, 1.54) is 0 Å². The van der Waals surface area contributed by atoms with Crippen molar-refractivity contribution in [1.29, 1.82) is 0 Å². The molecule has 0 saturated heterocycles. The average Bonchev–Trinajstić information content (AvgIpc) is 3.32. The van der Waals surface area contributed by atoms with Crippen molar-refractivity contribution in [2.45, 2.75) is 13.2 Å². The van der Waals surface area contributed by atoms with Crippen LogP contribution >= 0.6 is 11.6 Å². The number of nitrogens with one attached hydrogen (secondary N) is 2. The van der Waals surface area contributed by atoms with Crippen molar-refractivity contribution >= 4 is 17.5 Å². The zero-order chi connectivity index (χ0) is 18.4. The minimum absolute atomic E-state index is 0.210. The van der Waals surface area contributed by atoms with Gasteiger partial charge in [-0.1, -0.05) is 11.6 Å². The van der Waals surface area contributed by atoms with Crippen molar-refractivity contribution < 1.29 is 14.3 Å². The molecule has 0 saturated carbocycles. The van der Waals surface area contributed by atoms with Crippen LogP contribution < -0.4 is 14.8 Å². The summed E-state index contributed by atoms with van der Waals surface area (Å²) in [6.45, 7) is 1.33. The zero-order valence-corrected chi connectivity index (χ0v) is 14.9. The molecule has 26 heavy (non-hydrogen) atoms. The molecule has 0 radical (unpaired) electrons. The van der Waals surface area contributed by atoms with E-state index < -0.39 is 0 Å². The van der Waals surface area contributed by atoms with E-state index in [4.69, 9.17) is 21.1 Å². The number of hydrogen-bond acceptors (Lipinski definition) is 5. The molecule has 0 spiro atoms. The molecule has 3 rings (SSSR count). The number of carbonyl (C=O) groups is 1. The topological polar surface area (TPSA) is 94.1 Å². The molecule has 0 atom stereocenters. The minimum Gasteiger partial charge on any atom is -0.497 e. The number of ether oxygens (including phenoxy) is 2. The molecule has 9 heteroatoms. The highest BCUT2D eigenvalue weighted by molar-refractivity contribution is 6.32. The van der Waals surface area contributed by atoms with Crippen LogP contribution in [0.2, 0.25) is 5.02 Å². The van der Waals surface area contributed by atoms with Crippen LogP contribution in [0.1, 0.15) is 16.2 Å². The second-order valence-electron chi connectivity index (χ2n) is 5.42. The third-order valence-electron chi connectivity index (χ3n) is 3.60. The molecule has 2 N–H and O–H groups in total. The summed E-state index contributed by atoms with van der Waals surface area (Å²) >= 11 is 6.13. The zero-order valence-electron chi connectivity index (χ0n) is 14.1. The van der Waals surface area contributed by atoms with Gasteiger partial charge in [0.05, 0.1) is 24.2 Å². The summed E-state index contributed by atoms with van der Waals surface area (Å²) < 4.78 is 12.6. The number of aromatic amines is 1. The van der Waals surface area contributed by atoms with Gasteiger partial charge in [0, 0.05) is 31.5 Å². The van der Waals surface area contributed by atoms with E-state index in [1.807, 2.05) is 10.8 Å². The van der Waals surface area contributed by atoms with E-state index in [0.29, 0.717) is 41.0 Å². The van der Waals surface area contributed by atoms with Crippen molar-refractivity contribution in [3.05, 3.63) is 59.4 Å². The Morgan fingerprint density at radius 3 is 3.00 bits per heavy atom. The number of rotatable bonds is 8. The number of nitrogens with zero attached hydrogens (tertiary/aromatic N) is 3. The van der Waals surface area contributed by atoms with Crippen molar-refractivity contribution in [2.75, 3.05) is 13.7 Å². The van der Waals surface area contributed by atoms with Gasteiger partial charge in [0.2, 0.25) is 0 Å². The molecule has 8 nitrogen and oxygen atoms in total. The lowest BCUT2D eigenvalue weighted by molar-refractivity contribution is 0.0947. The van der Waals surface area contributed by atoms with Gasteiger partial charge < -0.3 is 19.4 Å². The molecule has 1 amide bonds. The molecule has 2 heterocycles. The van der Waals surface area contributed by atoms with Crippen LogP contribution in [0, 0.1) is 0 Å². The minimum atomic E-state index is -0.255. The van der Waals surface area contributed by atoms with Crippen LogP contribution in [-0.4, -0.2) is 39.3 Å². The summed E-state index contributed by atoms with van der Waals surface area (Å²) in [6, 6.07) is 6.79. The molecule has 0 bridgehead atoms. The predicted molar refractivity (Wildman–Crippen MR) is 95.5 cm³/mol. The first-order chi connectivity index (χ1) is 12.7. The van der Waals surface area contributed by atoms with E-state index in [9.17, 15) is 4.79 Å². The van der Waals surface area contributed by atoms with E-state index in [0.717, 1.165) is 0 Å². The monoisotopic (exact) mass is 375 g/mol. The second-order valence-corrected chi connectivity index (χ2v) is 5.83. The summed E-state index contributed by atoms with van der Waals surface area (Å²) in [7, 11) is 1.57. The van der Waals surface area contributed by atoms with Gasteiger partial charge in [-0.2, -0.15) is 5.10 Å². The first-order valence-electron chi connectivity index (χ1n) is 7.90. The van der Waals surface area contributed by atoms with Crippen LogP contribution in [0.3, 0.4) is 0 Å². The highest BCUT2D eigenvalue weighted by Gasteiger charge is 2.11. The Balaban J connectivity index is 1.50. The molecule has 136 valence electrons. The Hall–Kier alpha value is -3.00. The van der Waals surface area contributed by atoms with Crippen LogP contribution in [0.5, 0.6) is 11.5 Å². The lowest BCUT2D eigenvalue weighted by Crippen LogP contribution is -2.27. The lowest BCUT2D eigenvalue weighted by atomic mass is 10.3. The fourth-order valence-electron chi connectivity index (χ4n) is 2.24. The maximum atomic E-state index is 12.1. The largest absolute Gasteiger partial charge is 0.497 e. The number of hydrogen-bond donors (Lipinski definition) is 2. The number of carbonyl (C=O) groups excluding carboxylic acids is 1. The molecule has 2 aromatic heterocycles. The molecule has 0 aliphatic rings. The fraction of sp³-hybridized carbons (Fsp3) is 0.235. The quantitative estimate of drug-likeness (QED) is 0.630. The van der Waals surface area contributed by atoms with Gasteiger partial charge in [0.1, 0.15) is 23.8 Å². The molecular weight excluding hydrogens is 358 g/mol. The maximum absolute atomic E-state index is 12.1. The van der Waals surface area contributed by atoms with Gasteiger partial charge in [-0.05, 0) is 18.2 Å². The van der Waals surface area contributed by atoms with Crippen LogP contribution in [-0.2, 0) is 13.2 Å². The van der Waals surface area contributed by atoms with Gasteiger partial charge in [-0.25, -0.2) is 4.98 Å². The number of benzene rings is 1. The van der Waals surface area contributed by atoms with E-state index in [1.54, 1.807) is 43.9 Å². The highest BCUT2D eigenvalue weighted by atomic mass is 35.5. The lowest BCUT2D eigenvalue weighted by Gasteiger charge is -2.08. The summed E-state index contributed by atoms with van der Waals surface area (Å²) in [6.07, 6.45) is 5.22. The Morgan fingerprint density at radius 2 is 2.27 bits per heavy atom. The maximum Gasteiger partial charge on any atom is 0.271 e. The van der Waals surface area contributed by atoms with Crippen LogP contribution in [0.15, 0.2) is 43.0 Å². The van der Waals surface area contributed by atoms with E-state index in [2.05, 4.69) is 20.5 Å². The van der Waals surface area contributed by atoms with Crippen molar-refractivity contribution in [3.8, 4) is 11.5 Å². The molecule has 0 aliphatic carbocycles. The van der Waals surface area contributed by atoms with Gasteiger partial charge in [-0.15, -0.1) is 0 Å². The number of halogens is 1. The standard InChI is InChI=1S/C17H18ClN5O3/c1-25-13-2-3-16(14(18)9-13)26-10-12-8-15(22-21-12)17(24)20-5-7-23-6-4-19-11-23/h2-4,6,8-9,11H,5,7,10H2,1H3,(H,20,24)(H,21,22). The first kappa shape index (κ1) is 17.8. The van der Waals surface area contributed by atoms with Gasteiger partial charge in [0.25, 0.3) is 5.91 Å². The molecular formula is C17H18ClN5O3. The fourth-order valence-corrected chi connectivity index (χ4v) is 2.47. The third kappa shape index (κ3) is 4.54. The van der Waals surface area contributed by atoms with Crippen LogP contribution in [0.25, 0.3) is 0 Å². The Labute approximate surface area is 155 Å². The van der Waals surface area contributed by atoms with E-state index >= 15 is 0 Å². The first-order valence-corrected chi connectivity index (χ1v) is 8.28. The number of imidazole rings is 1. The SMILES string of the molecule is COc1ccc(OCc2cc(C(=O)NCCn3ccnc3)n[nH]2)c(Cl)c1. The average molecular weight is 376 g/mol. The summed E-state index contributed by atoms with van der Waals surface area (Å²) in [4.78, 5) is 16.0. The summed E-state index contributed by atoms with van der Waals surface area (Å²) in [5, 5.41) is 10.0. The number of aromatic nitrogens is 4. The normalized spacial score (nSPS) is 10.5. The predicted octanol–water partition coefficient (Wildman–Crippen LogP) is 2.28. The van der Waals surface area contributed by atoms with Crippen LogP contribution in [0.4, 0.5) is 0 Å². The highest BCUT2D eigenvalue weighted by Crippen LogP contribution is 2.29. The Kier molecular flexibility index (Phi) is 5.75. The molecule has 0 aliphatic heterocycles. The smallest absolute Gasteiger partial charge is 0.271 e. The van der Waals surface area contributed by atoms with E-state index in [-0.39, 0.29) is 12.5 Å². The van der Waals surface area contributed by atoms with Gasteiger partial charge in [0.15, 0.2) is 0 Å². The van der Waals surface area contributed by atoms with Crippen molar-refractivity contribution in [1.82, 2.24) is 25.1 Å². The van der Waals surface area contributed by atoms with Gasteiger partial charge >= 0.3 is 0 Å². The molecule has 0 unspecified atom stereocenters. The summed E-state index contributed by atoms with van der Waals surface area (Å²) in [5.74, 6) is 0.919. The molecule has 0 fully saturated rings. The second kappa shape index (κ2) is 8.39. The summed E-state index contributed by atoms with van der Waals surface area (Å²) in [5.41, 5.74) is 0.965. The molecule has 1 aromatic carbocycles. The number of H-pyrrole nitrogens is 1. The third-order valence-corrected chi connectivity index (χ3v) is 3.90. The van der Waals surface area contributed by atoms with Crippen molar-refractivity contribution in [2.24, 2.45) is 0 Å². The Morgan fingerprint density at radius 1 is 1.38 bits per heavy atom. The Bertz CT molecular complexity index is 863. The van der Waals surface area contributed by atoms with Crippen molar-refractivity contribution in [3.63, 3.8) is 0 Å². The number of methoxy groups -OCH3 is 1.